The van der Waals surface area contributed by atoms with Crippen molar-refractivity contribution >= 4 is 40.2 Å². The number of thiocarbonyl (C=S) groups is 1. The van der Waals surface area contributed by atoms with E-state index < -0.39 is 0 Å². The van der Waals surface area contributed by atoms with Crippen molar-refractivity contribution in [3.8, 4) is 0 Å². The van der Waals surface area contributed by atoms with Gasteiger partial charge in [0.05, 0.1) is 0 Å². The molecule has 0 amide bonds. The monoisotopic (exact) mass is 217 g/mol. The van der Waals surface area contributed by atoms with Gasteiger partial charge in [0.15, 0.2) is 0 Å². The minimum Gasteiger partial charge on any atom is -0.346 e. The first-order chi connectivity index (χ1) is 6.13. The standard InChI is InChI=1S/C6H11N5S2/c1-11(2)5-7-4(9-10-5)8-6(12)13-3/h1-3H3,(H2,7,8,9,10,12). The van der Waals surface area contributed by atoms with Gasteiger partial charge < -0.3 is 10.2 Å². The summed E-state index contributed by atoms with van der Waals surface area (Å²) in [4.78, 5) is 5.95. The van der Waals surface area contributed by atoms with Gasteiger partial charge in [-0.05, 0) is 6.26 Å². The molecule has 7 heteroatoms. The average molecular weight is 217 g/mol. The Labute approximate surface area is 86.3 Å². The summed E-state index contributed by atoms with van der Waals surface area (Å²) in [6.07, 6.45) is 1.90. The third-order valence-electron chi connectivity index (χ3n) is 1.28. The highest BCUT2D eigenvalue weighted by Gasteiger charge is 2.04. The molecule has 0 aromatic carbocycles. The van der Waals surface area contributed by atoms with Gasteiger partial charge in [-0.3, -0.25) is 0 Å². The van der Waals surface area contributed by atoms with Crippen LogP contribution in [0, 0.1) is 0 Å². The number of aromatic amines is 1. The average Bonchev–Trinajstić information content (AvgIpc) is 2.52. The van der Waals surface area contributed by atoms with Crippen LogP contribution in [0.3, 0.4) is 0 Å². The summed E-state index contributed by atoms with van der Waals surface area (Å²) in [6.45, 7) is 0. The zero-order chi connectivity index (χ0) is 9.84. The Hall–Kier alpha value is -0.820. The molecular weight excluding hydrogens is 206 g/mol. The molecule has 1 rings (SSSR count). The Morgan fingerprint density at radius 2 is 2.31 bits per heavy atom. The first-order valence-electron chi connectivity index (χ1n) is 3.58. The van der Waals surface area contributed by atoms with E-state index in [1.807, 2.05) is 25.3 Å². The van der Waals surface area contributed by atoms with Crippen LogP contribution in [0.4, 0.5) is 11.9 Å². The molecule has 72 valence electrons. The van der Waals surface area contributed by atoms with Crippen molar-refractivity contribution in [1.29, 1.82) is 0 Å². The van der Waals surface area contributed by atoms with Crippen LogP contribution in [0.2, 0.25) is 0 Å². The molecule has 0 spiro atoms. The number of nitrogens with zero attached hydrogens (tertiary/aromatic N) is 3. The number of rotatable bonds is 2. The Kier molecular flexibility index (Phi) is 3.49. The second-order valence-corrected chi connectivity index (χ2v) is 3.98. The predicted molar refractivity (Wildman–Crippen MR) is 60.4 cm³/mol. The van der Waals surface area contributed by atoms with Crippen LogP contribution in [-0.4, -0.2) is 39.9 Å². The summed E-state index contributed by atoms with van der Waals surface area (Å²) in [5.41, 5.74) is 0. The van der Waals surface area contributed by atoms with Gasteiger partial charge in [-0.2, -0.15) is 4.98 Å². The van der Waals surface area contributed by atoms with Crippen molar-refractivity contribution in [3.63, 3.8) is 0 Å². The van der Waals surface area contributed by atoms with E-state index >= 15 is 0 Å². The van der Waals surface area contributed by atoms with Crippen LogP contribution in [0.25, 0.3) is 0 Å². The zero-order valence-corrected chi connectivity index (χ0v) is 9.29. The van der Waals surface area contributed by atoms with Crippen molar-refractivity contribution in [2.45, 2.75) is 0 Å². The van der Waals surface area contributed by atoms with Crippen molar-refractivity contribution < 1.29 is 0 Å². The SMILES string of the molecule is CSC(=S)Nc1nc(N(C)C)n[nH]1. The van der Waals surface area contributed by atoms with Gasteiger partial charge in [-0.15, -0.1) is 16.9 Å². The van der Waals surface area contributed by atoms with Gasteiger partial charge in [0, 0.05) is 14.1 Å². The van der Waals surface area contributed by atoms with Crippen LogP contribution in [0.15, 0.2) is 0 Å². The number of hydrogen-bond donors (Lipinski definition) is 2. The minimum absolute atomic E-state index is 0.572. The van der Waals surface area contributed by atoms with Crippen LogP contribution in [0.1, 0.15) is 0 Å². The molecule has 1 aromatic rings. The normalized spacial score (nSPS) is 9.77. The van der Waals surface area contributed by atoms with E-state index in [4.69, 9.17) is 12.2 Å². The molecule has 0 aliphatic heterocycles. The third kappa shape index (κ3) is 2.85. The number of aromatic nitrogens is 3. The molecule has 0 saturated heterocycles. The van der Waals surface area contributed by atoms with Gasteiger partial charge in [0.2, 0.25) is 11.9 Å². The number of anilines is 2. The van der Waals surface area contributed by atoms with E-state index in [0.717, 1.165) is 0 Å². The molecule has 2 N–H and O–H groups in total. The molecule has 0 aliphatic rings. The lowest BCUT2D eigenvalue weighted by Gasteiger charge is -2.03. The zero-order valence-electron chi connectivity index (χ0n) is 7.66. The third-order valence-corrected chi connectivity index (χ3v) is 2.35. The molecule has 0 unspecified atom stereocenters. The predicted octanol–water partition coefficient (Wildman–Crippen LogP) is 0.930. The molecule has 5 nitrogen and oxygen atoms in total. The molecular formula is C6H11N5S2. The second-order valence-electron chi connectivity index (χ2n) is 2.50. The Bertz CT molecular complexity index is 295. The van der Waals surface area contributed by atoms with Crippen LogP contribution < -0.4 is 10.2 Å². The molecule has 0 fully saturated rings. The fraction of sp³-hybridized carbons (Fsp3) is 0.500. The Morgan fingerprint density at radius 3 is 2.77 bits per heavy atom. The summed E-state index contributed by atoms with van der Waals surface area (Å²) in [5, 5.41) is 9.60. The van der Waals surface area contributed by atoms with E-state index in [1.54, 1.807) is 0 Å². The lowest BCUT2D eigenvalue weighted by atomic mass is 10.8. The molecule has 1 aromatic heterocycles. The van der Waals surface area contributed by atoms with Gasteiger partial charge in [0.25, 0.3) is 0 Å². The van der Waals surface area contributed by atoms with E-state index in [2.05, 4.69) is 20.5 Å². The molecule has 13 heavy (non-hydrogen) atoms. The van der Waals surface area contributed by atoms with Crippen molar-refractivity contribution in [1.82, 2.24) is 15.2 Å². The fourth-order valence-corrected chi connectivity index (χ4v) is 0.952. The minimum atomic E-state index is 0.572. The largest absolute Gasteiger partial charge is 0.346 e. The highest BCUT2D eigenvalue weighted by atomic mass is 32.2. The molecule has 0 radical (unpaired) electrons. The maximum Gasteiger partial charge on any atom is 0.245 e. The van der Waals surface area contributed by atoms with Crippen LogP contribution >= 0.6 is 24.0 Å². The number of H-pyrrole nitrogens is 1. The molecule has 0 bridgehead atoms. The summed E-state index contributed by atoms with van der Waals surface area (Å²) >= 11 is 6.42. The first-order valence-corrected chi connectivity index (χ1v) is 5.21. The molecule has 0 saturated carbocycles. The quantitative estimate of drug-likeness (QED) is 0.719. The summed E-state index contributed by atoms with van der Waals surface area (Å²) < 4.78 is 0.668. The van der Waals surface area contributed by atoms with E-state index in [1.165, 1.54) is 11.8 Å². The van der Waals surface area contributed by atoms with Crippen LogP contribution in [-0.2, 0) is 0 Å². The van der Waals surface area contributed by atoms with E-state index in [0.29, 0.717) is 16.2 Å². The summed E-state index contributed by atoms with van der Waals surface area (Å²) in [7, 11) is 3.75. The first kappa shape index (κ1) is 10.3. The van der Waals surface area contributed by atoms with Gasteiger partial charge in [0.1, 0.15) is 4.32 Å². The maximum atomic E-state index is 4.96. The Morgan fingerprint density at radius 1 is 1.62 bits per heavy atom. The lowest BCUT2D eigenvalue weighted by Crippen LogP contribution is -2.10. The van der Waals surface area contributed by atoms with Crippen molar-refractivity contribution in [2.75, 3.05) is 30.6 Å². The summed E-state index contributed by atoms with van der Waals surface area (Å²) in [6, 6.07) is 0. The van der Waals surface area contributed by atoms with E-state index in [-0.39, 0.29) is 0 Å². The second kappa shape index (κ2) is 4.43. The van der Waals surface area contributed by atoms with Crippen molar-refractivity contribution in [3.05, 3.63) is 0 Å². The summed E-state index contributed by atoms with van der Waals surface area (Å²) in [5.74, 6) is 1.20. The Balaban J connectivity index is 2.64. The highest BCUT2D eigenvalue weighted by molar-refractivity contribution is 8.22. The molecule has 0 aliphatic carbocycles. The van der Waals surface area contributed by atoms with Gasteiger partial charge in [-0.1, -0.05) is 12.2 Å². The maximum absolute atomic E-state index is 4.96. The molecule has 0 atom stereocenters. The van der Waals surface area contributed by atoms with E-state index in [9.17, 15) is 0 Å². The fourth-order valence-electron chi connectivity index (χ4n) is 0.657. The van der Waals surface area contributed by atoms with Gasteiger partial charge in [-0.25, -0.2) is 5.10 Å². The van der Waals surface area contributed by atoms with Crippen molar-refractivity contribution in [2.24, 2.45) is 0 Å². The lowest BCUT2D eigenvalue weighted by molar-refractivity contribution is 0.999. The van der Waals surface area contributed by atoms with Crippen LogP contribution in [0.5, 0.6) is 0 Å². The number of hydrogen-bond acceptors (Lipinski definition) is 5. The topological polar surface area (TPSA) is 56.8 Å². The highest BCUT2D eigenvalue weighted by Crippen LogP contribution is 2.08. The smallest absolute Gasteiger partial charge is 0.245 e. The number of thioether (sulfide) groups is 1. The molecule has 1 heterocycles. The number of nitrogens with one attached hydrogen (secondary N) is 2. The van der Waals surface area contributed by atoms with Gasteiger partial charge >= 0.3 is 0 Å².